The zero-order valence-electron chi connectivity index (χ0n) is 24.6. The molecular weight excluding hydrogens is 634 g/mol. The number of anilines is 2. The van der Waals surface area contributed by atoms with Gasteiger partial charge >= 0.3 is 16.8 Å². The van der Waals surface area contributed by atoms with Gasteiger partial charge < -0.3 is 19.2 Å². The standard InChI is InChI=1S/C32H27N3O9S2/c1-3-42-30(39)17-7-11-19(12-8-17)33-22(36)16-34-29-26(46-32(34)41)23(21-6-5-15-44-21)24-25(45-29)28(38)35(27(24)37)20-13-9-18(10-14-20)31(40)43-4-2/h5-15,23-25H,3-4,16H2,1-2H3,(H,33,36)/t23-,24-,25+/m0/s1. The molecule has 1 fully saturated rings. The molecule has 12 nitrogen and oxygen atoms in total. The molecule has 236 valence electrons. The lowest BCUT2D eigenvalue weighted by atomic mass is 9.87. The number of thioether (sulfide) groups is 1. The van der Waals surface area contributed by atoms with Gasteiger partial charge in [0, 0.05) is 5.69 Å². The van der Waals surface area contributed by atoms with Gasteiger partial charge in [0.05, 0.1) is 58.0 Å². The lowest BCUT2D eigenvalue weighted by Crippen LogP contribution is -2.32. The number of aromatic nitrogens is 1. The molecule has 14 heteroatoms. The third-order valence-electron chi connectivity index (χ3n) is 7.52. The van der Waals surface area contributed by atoms with Crippen molar-refractivity contribution in [1.29, 1.82) is 0 Å². The van der Waals surface area contributed by atoms with Crippen LogP contribution in [0.1, 0.15) is 51.1 Å². The van der Waals surface area contributed by atoms with Crippen LogP contribution in [0, 0.1) is 5.92 Å². The number of hydrogen-bond donors (Lipinski definition) is 1. The summed E-state index contributed by atoms with van der Waals surface area (Å²) in [5.74, 6) is -3.65. The number of esters is 2. The third-order valence-corrected chi connectivity index (χ3v) is 10.1. The molecule has 6 rings (SSSR count). The van der Waals surface area contributed by atoms with Crippen LogP contribution in [0.25, 0.3) is 0 Å². The maximum Gasteiger partial charge on any atom is 0.338 e. The first-order valence-electron chi connectivity index (χ1n) is 14.4. The van der Waals surface area contributed by atoms with E-state index in [1.165, 1.54) is 47.2 Å². The second-order valence-corrected chi connectivity index (χ2v) is 12.4. The Kier molecular flexibility index (Phi) is 8.65. The number of amides is 3. The van der Waals surface area contributed by atoms with Gasteiger partial charge in [0.15, 0.2) is 0 Å². The van der Waals surface area contributed by atoms with E-state index in [4.69, 9.17) is 13.9 Å². The second-order valence-electron chi connectivity index (χ2n) is 10.3. The molecule has 0 unspecified atom stereocenters. The predicted octanol–water partition coefficient (Wildman–Crippen LogP) is 4.29. The highest BCUT2D eigenvalue weighted by molar-refractivity contribution is 8.00. The Balaban J connectivity index is 1.28. The number of benzene rings is 2. The van der Waals surface area contributed by atoms with Crippen LogP contribution < -0.4 is 15.1 Å². The van der Waals surface area contributed by atoms with Gasteiger partial charge in [0.25, 0.3) is 0 Å². The minimum Gasteiger partial charge on any atom is -0.469 e. The summed E-state index contributed by atoms with van der Waals surface area (Å²) in [4.78, 5) is 79.4. The number of thiazole rings is 1. The van der Waals surface area contributed by atoms with Crippen molar-refractivity contribution >= 4 is 64.1 Å². The lowest BCUT2D eigenvalue weighted by Gasteiger charge is -2.29. The van der Waals surface area contributed by atoms with E-state index in [-0.39, 0.29) is 25.3 Å². The van der Waals surface area contributed by atoms with Crippen LogP contribution >= 0.6 is 23.1 Å². The number of rotatable bonds is 9. The number of carbonyl (C=O) groups is 5. The molecule has 0 saturated carbocycles. The van der Waals surface area contributed by atoms with Crippen LogP contribution in [0.15, 0.2) is 81.2 Å². The molecule has 1 saturated heterocycles. The number of nitrogens with zero attached hydrogens (tertiary/aromatic N) is 2. The fourth-order valence-electron chi connectivity index (χ4n) is 5.49. The highest BCUT2D eigenvalue weighted by Gasteiger charge is 2.57. The Hall–Kier alpha value is -4.95. The Morgan fingerprint density at radius 2 is 1.50 bits per heavy atom. The molecule has 3 amide bonds. The van der Waals surface area contributed by atoms with Crippen LogP contribution in [0.2, 0.25) is 0 Å². The summed E-state index contributed by atoms with van der Waals surface area (Å²) >= 11 is 1.98. The quantitative estimate of drug-likeness (QED) is 0.203. The van der Waals surface area contributed by atoms with Gasteiger partial charge in [-0.25, -0.2) is 14.5 Å². The molecule has 2 aromatic carbocycles. The number of fused-ring (bicyclic) bond motifs is 2. The van der Waals surface area contributed by atoms with E-state index in [1.54, 1.807) is 38.1 Å². The minimum atomic E-state index is -0.904. The van der Waals surface area contributed by atoms with E-state index in [0.29, 0.717) is 32.6 Å². The Morgan fingerprint density at radius 1 is 0.870 bits per heavy atom. The summed E-state index contributed by atoms with van der Waals surface area (Å²) in [6.07, 6.45) is 1.46. The van der Waals surface area contributed by atoms with Crippen LogP contribution in [-0.4, -0.2) is 52.7 Å². The van der Waals surface area contributed by atoms with E-state index in [9.17, 15) is 28.8 Å². The van der Waals surface area contributed by atoms with Gasteiger partial charge in [-0.2, -0.15) is 0 Å². The number of imide groups is 1. The number of hydrogen-bond acceptors (Lipinski definition) is 11. The van der Waals surface area contributed by atoms with Crippen LogP contribution in [0.3, 0.4) is 0 Å². The lowest BCUT2D eigenvalue weighted by molar-refractivity contribution is -0.122. The second kappa shape index (κ2) is 12.8. The fourth-order valence-corrected chi connectivity index (χ4v) is 8.25. The molecule has 2 aromatic heterocycles. The van der Waals surface area contributed by atoms with Crippen molar-refractivity contribution in [2.24, 2.45) is 5.92 Å². The summed E-state index contributed by atoms with van der Waals surface area (Å²) in [6.45, 7) is 3.50. The number of carbonyl (C=O) groups excluding carboxylic acids is 5. The van der Waals surface area contributed by atoms with Crippen molar-refractivity contribution in [3.63, 3.8) is 0 Å². The molecule has 46 heavy (non-hydrogen) atoms. The average molecular weight is 662 g/mol. The van der Waals surface area contributed by atoms with Gasteiger partial charge in [-0.05, 0) is 74.5 Å². The van der Waals surface area contributed by atoms with Gasteiger partial charge in [-0.3, -0.25) is 23.7 Å². The highest BCUT2D eigenvalue weighted by Crippen LogP contribution is 2.53. The van der Waals surface area contributed by atoms with Crippen molar-refractivity contribution in [2.75, 3.05) is 23.4 Å². The van der Waals surface area contributed by atoms with Crippen LogP contribution in [-0.2, 0) is 30.4 Å². The molecular formula is C32H27N3O9S2. The zero-order chi connectivity index (χ0) is 32.5. The van der Waals surface area contributed by atoms with Gasteiger partial charge in [-0.15, -0.1) is 0 Å². The zero-order valence-corrected chi connectivity index (χ0v) is 26.2. The Labute approximate surface area is 270 Å². The first-order valence-corrected chi connectivity index (χ1v) is 16.1. The summed E-state index contributed by atoms with van der Waals surface area (Å²) in [5, 5.41) is 2.23. The fraction of sp³-hybridized carbons (Fsp3) is 0.250. The highest BCUT2D eigenvalue weighted by atomic mass is 32.2. The van der Waals surface area contributed by atoms with Crippen molar-refractivity contribution < 1.29 is 37.9 Å². The summed E-state index contributed by atoms with van der Waals surface area (Å²) in [6, 6.07) is 15.5. The van der Waals surface area contributed by atoms with Crippen molar-refractivity contribution in [3.8, 4) is 0 Å². The molecule has 4 aromatic rings. The molecule has 3 atom stereocenters. The van der Waals surface area contributed by atoms with Gasteiger partial charge in [0.2, 0.25) is 17.7 Å². The molecule has 1 N–H and O–H groups in total. The minimum absolute atomic E-state index is 0.208. The van der Waals surface area contributed by atoms with E-state index in [2.05, 4.69) is 5.32 Å². The summed E-state index contributed by atoms with van der Waals surface area (Å²) in [5.41, 5.74) is 1.32. The van der Waals surface area contributed by atoms with Gasteiger partial charge in [-0.1, -0.05) is 23.1 Å². The molecule has 0 aliphatic carbocycles. The smallest absolute Gasteiger partial charge is 0.338 e. The maximum atomic E-state index is 13.9. The van der Waals surface area contributed by atoms with E-state index in [1.807, 2.05) is 0 Å². The maximum absolute atomic E-state index is 13.9. The third kappa shape index (κ3) is 5.65. The van der Waals surface area contributed by atoms with Crippen molar-refractivity contribution in [2.45, 2.75) is 36.6 Å². The van der Waals surface area contributed by atoms with E-state index < -0.39 is 51.6 Å². The van der Waals surface area contributed by atoms with Crippen LogP contribution in [0.5, 0.6) is 0 Å². The Bertz CT molecular complexity index is 1880. The first-order chi connectivity index (χ1) is 22.2. The molecule has 2 aliphatic rings. The predicted molar refractivity (Wildman–Crippen MR) is 168 cm³/mol. The van der Waals surface area contributed by atoms with Crippen molar-refractivity contribution in [1.82, 2.24) is 4.57 Å². The molecule has 4 heterocycles. The number of nitrogens with one attached hydrogen (secondary N) is 1. The van der Waals surface area contributed by atoms with E-state index >= 15 is 0 Å². The monoisotopic (exact) mass is 661 g/mol. The molecule has 0 spiro atoms. The van der Waals surface area contributed by atoms with Crippen molar-refractivity contribution in [3.05, 3.63) is 98.4 Å². The van der Waals surface area contributed by atoms with Crippen LogP contribution in [0.4, 0.5) is 11.4 Å². The summed E-state index contributed by atoms with van der Waals surface area (Å²) < 4.78 is 17.0. The Morgan fingerprint density at radius 3 is 2.09 bits per heavy atom. The number of furan rings is 1. The number of ether oxygens (including phenoxy) is 2. The largest absolute Gasteiger partial charge is 0.469 e. The topological polar surface area (TPSA) is 154 Å². The summed E-state index contributed by atoms with van der Waals surface area (Å²) in [7, 11) is 0. The van der Waals surface area contributed by atoms with E-state index in [0.717, 1.165) is 28.0 Å². The molecule has 0 bridgehead atoms. The molecule has 2 aliphatic heterocycles. The average Bonchev–Trinajstić information content (AvgIpc) is 3.75. The normalized spacial score (nSPS) is 18.6. The molecule has 0 radical (unpaired) electrons. The SMILES string of the molecule is CCOC(=O)c1ccc(NC(=O)Cn2c3c(sc2=O)[C@@H](c2ccco2)[C@@H]2C(=O)N(c4ccc(C(=O)OCC)cc4)C(=O)[C@@H]2S3)cc1. The van der Waals surface area contributed by atoms with Gasteiger partial charge in [0.1, 0.15) is 17.6 Å². The first kappa shape index (κ1) is 31.0.